The molecule has 1 aliphatic rings. The predicted octanol–water partition coefficient (Wildman–Crippen LogP) is 2.59. The minimum absolute atomic E-state index is 0.0557. The van der Waals surface area contributed by atoms with E-state index in [1.807, 2.05) is 0 Å². The second-order valence-corrected chi connectivity index (χ2v) is 7.20. The van der Waals surface area contributed by atoms with Crippen molar-refractivity contribution in [3.05, 3.63) is 42.0 Å². The lowest BCUT2D eigenvalue weighted by Crippen LogP contribution is -2.40. The predicted molar refractivity (Wildman–Crippen MR) is 86.8 cm³/mol. The molecule has 0 aliphatic carbocycles. The van der Waals surface area contributed by atoms with Crippen LogP contribution in [0, 0.1) is 0 Å². The summed E-state index contributed by atoms with van der Waals surface area (Å²) in [6.07, 6.45) is 1.32. The van der Waals surface area contributed by atoms with Crippen LogP contribution in [0.4, 0.5) is 0 Å². The molecule has 8 heteroatoms. The summed E-state index contributed by atoms with van der Waals surface area (Å²) in [5.41, 5.74) is 0.234. The zero-order valence-electron chi connectivity index (χ0n) is 13.8. The first kappa shape index (κ1) is 18.7. The van der Waals surface area contributed by atoms with E-state index in [4.69, 9.17) is 18.5 Å². The van der Waals surface area contributed by atoms with Crippen molar-refractivity contribution in [1.82, 2.24) is 0 Å². The first-order valence-corrected chi connectivity index (χ1v) is 9.10. The highest BCUT2D eigenvalue weighted by molar-refractivity contribution is 7.55. The van der Waals surface area contributed by atoms with Gasteiger partial charge in [-0.2, -0.15) is 0 Å². The lowest BCUT2D eigenvalue weighted by atomic mass is 10.0. The van der Waals surface area contributed by atoms with Gasteiger partial charge in [-0.25, -0.2) is 4.79 Å². The van der Waals surface area contributed by atoms with Gasteiger partial charge < -0.3 is 23.6 Å². The fourth-order valence-electron chi connectivity index (χ4n) is 2.47. The quantitative estimate of drug-likeness (QED) is 0.565. The maximum absolute atomic E-state index is 13.3. The van der Waals surface area contributed by atoms with E-state index in [0.717, 1.165) is 0 Å². The Balaban J connectivity index is 2.57. The first-order chi connectivity index (χ1) is 11.4. The summed E-state index contributed by atoms with van der Waals surface area (Å²) in [7, 11) is -2.57. The van der Waals surface area contributed by atoms with Gasteiger partial charge in [-0.3, -0.25) is 4.57 Å². The summed E-state index contributed by atoms with van der Waals surface area (Å²) >= 11 is 0. The Labute approximate surface area is 140 Å². The van der Waals surface area contributed by atoms with Gasteiger partial charge in [0.05, 0.1) is 20.3 Å². The second-order valence-electron chi connectivity index (χ2n) is 5.00. The van der Waals surface area contributed by atoms with Crippen molar-refractivity contribution in [2.75, 3.05) is 20.3 Å². The van der Waals surface area contributed by atoms with Gasteiger partial charge in [0, 0.05) is 11.6 Å². The number of hydrogen-bond acceptors (Lipinski definition) is 7. The molecule has 2 atom stereocenters. The highest BCUT2D eigenvalue weighted by atomic mass is 31.2. The molecule has 0 fully saturated rings. The minimum atomic E-state index is -4.08. The number of esters is 1. The smallest absolute Gasteiger partial charge is 0.370 e. The van der Waals surface area contributed by atoms with E-state index in [-0.39, 0.29) is 18.8 Å². The van der Waals surface area contributed by atoms with E-state index < -0.39 is 25.0 Å². The van der Waals surface area contributed by atoms with Gasteiger partial charge in [0.25, 0.3) is 0 Å². The molecule has 0 radical (unpaired) electrons. The van der Waals surface area contributed by atoms with Crippen LogP contribution in [0.15, 0.2) is 36.4 Å². The van der Waals surface area contributed by atoms with Gasteiger partial charge in [-0.15, -0.1) is 0 Å². The summed E-state index contributed by atoms with van der Waals surface area (Å²) in [4.78, 5) is 11.5. The third kappa shape index (κ3) is 3.26. The number of methoxy groups -OCH3 is 1. The summed E-state index contributed by atoms with van der Waals surface area (Å²) in [5, 5.41) is 9.19. The maximum Gasteiger partial charge on any atom is 0.370 e. The molecular weight excluding hydrogens is 335 g/mol. The monoisotopic (exact) mass is 356 g/mol. The average molecular weight is 356 g/mol. The van der Waals surface area contributed by atoms with Crippen molar-refractivity contribution in [1.29, 1.82) is 0 Å². The highest BCUT2D eigenvalue weighted by Gasteiger charge is 2.58. The van der Waals surface area contributed by atoms with Crippen LogP contribution < -0.4 is 4.74 Å². The van der Waals surface area contributed by atoms with Crippen LogP contribution in [-0.2, 0) is 28.5 Å². The van der Waals surface area contributed by atoms with Crippen molar-refractivity contribution in [3.63, 3.8) is 0 Å². The third-order valence-electron chi connectivity index (χ3n) is 3.58. The van der Waals surface area contributed by atoms with Gasteiger partial charge >= 0.3 is 13.6 Å². The van der Waals surface area contributed by atoms with Crippen LogP contribution in [0.2, 0.25) is 0 Å². The molecule has 0 unspecified atom stereocenters. The van der Waals surface area contributed by atoms with Crippen LogP contribution in [0.5, 0.6) is 5.75 Å². The van der Waals surface area contributed by atoms with Crippen LogP contribution in [-0.4, -0.2) is 37.5 Å². The average Bonchev–Trinajstić information content (AvgIpc) is 3.01. The van der Waals surface area contributed by atoms with Gasteiger partial charge in [0.1, 0.15) is 5.75 Å². The molecule has 1 aliphatic heterocycles. The van der Waals surface area contributed by atoms with E-state index in [0.29, 0.717) is 5.75 Å². The largest absolute Gasteiger partial charge is 0.497 e. The van der Waals surface area contributed by atoms with Crippen LogP contribution in [0.1, 0.15) is 19.4 Å². The standard InChI is InChI=1S/C16H21O7P/c1-4-21-24(19,22-5-2)16(18,14-10-11-15(17)23-14)12-6-8-13(20-3)9-7-12/h6-11,14,18H,4-5H2,1-3H3/t14-,16-/m1/s1. The number of carbonyl (C=O) groups is 1. The topological polar surface area (TPSA) is 91.3 Å². The number of ether oxygens (including phenoxy) is 2. The molecule has 0 saturated heterocycles. The molecule has 0 saturated carbocycles. The van der Waals surface area contributed by atoms with Crippen LogP contribution in [0.3, 0.4) is 0 Å². The molecular formula is C16H21O7P. The Hall–Kier alpha value is -1.66. The highest BCUT2D eigenvalue weighted by Crippen LogP contribution is 2.66. The number of benzene rings is 1. The van der Waals surface area contributed by atoms with Crippen LogP contribution in [0.25, 0.3) is 0 Å². The number of carbonyl (C=O) groups excluding carboxylic acids is 1. The van der Waals surface area contributed by atoms with Gasteiger partial charge in [-0.1, -0.05) is 12.1 Å². The molecule has 0 spiro atoms. The molecule has 24 heavy (non-hydrogen) atoms. The Morgan fingerprint density at radius 1 is 1.21 bits per heavy atom. The van der Waals surface area contributed by atoms with E-state index in [1.165, 1.54) is 31.4 Å². The van der Waals surface area contributed by atoms with E-state index in [1.54, 1.807) is 26.0 Å². The number of cyclic esters (lactones) is 1. The van der Waals surface area contributed by atoms with Gasteiger partial charge in [-0.05, 0) is 32.1 Å². The summed E-state index contributed by atoms with van der Waals surface area (Å²) in [6, 6.07) is 6.26. The fourth-order valence-corrected chi connectivity index (χ4v) is 4.54. The number of rotatable bonds is 8. The van der Waals surface area contributed by atoms with Crippen molar-refractivity contribution >= 4 is 13.6 Å². The van der Waals surface area contributed by atoms with E-state index in [2.05, 4.69) is 0 Å². The lowest BCUT2D eigenvalue weighted by Gasteiger charge is -2.37. The molecule has 1 N–H and O–H groups in total. The third-order valence-corrected chi connectivity index (χ3v) is 6.12. The Kier molecular flexibility index (Phi) is 5.83. The molecule has 7 nitrogen and oxygen atoms in total. The van der Waals surface area contributed by atoms with E-state index >= 15 is 0 Å². The summed E-state index contributed by atoms with van der Waals surface area (Å²) in [5.74, 6) is -0.0748. The lowest BCUT2D eigenvalue weighted by molar-refractivity contribution is -0.146. The Morgan fingerprint density at radius 3 is 2.21 bits per heavy atom. The van der Waals surface area contributed by atoms with Crippen LogP contribution >= 0.6 is 7.60 Å². The van der Waals surface area contributed by atoms with Crippen molar-refractivity contribution in [2.45, 2.75) is 25.3 Å². The summed E-state index contributed by atoms with van der Waals surface area (Å²) < 4.78 is 34.2. The molecule has 0 bridgehead atoms. The van der Waals surface area contributed by atoms with E-state index in [9.17, 15) is 14.5 Å². The molecule has 2 rings (SSSR count). The Bertz CT molecular complexity index is 645. The SMILES string of the molecule is CCOP(=O)(OCC)[C@](O)(c1ccc(OC)cc1)[C@H]1C=CC(=O)O1. The van der Waals surface area contributed by atoms with Crippen molar-refractivity contribution in [3.8, 4) is 5.75 Å². The maximum atomic E-state index is 13.3. The first-order valence-electron chi connectivity index (χ1n) is 7.56. The molecule has 1 aromatic carbocycles. The second kappa shape index (κ2) is 7.49. The summed E-state index contributed by atoms with van der Waals surface area (Å²) in [6.45, 7) is 3.38. The molecule has 1 aromatic rings. The zero-order valence-corrected chi connectivity index (χ0v) is 14.7. The van der Waals surface area contributed by atoms with Crippen molar-refractivity contribution in [2.24, 2.45) is 0 Å². The molecule has 1 heterocycles. The zero-order chi connectivity index (χ0) is 17.8. The normalized spacial score (nSPS) is 19.8. The van der Waals surface area contributed by atoms with Crippen molar-refractivity contribution < 1.29 is 33.0 Å². The molecule has 132 valence electrons. The van der Waals surface area contributed by atoms with Gasteiger partial charge in [0.15, 0.2) is 6.10 Å². The minimum Gasteiger partial charge on any atom is -0.497 e. The molecule has 0 amide bonds. The number of aliphatic hydroxyl groups is 1. The molecule has 0 aromatic heterocycles. The fraction of sp³-hybridized carbons (Fsp3) is 0.438. The number of hydrogen-bond donors (Lipinski definition) is 1. The Morgan fingerprint density at radius 2 is 1.79 bits per heavy atom. The van der Waals surface area contributed by atoms with Gasteiger partial charge in [0.2, 0.25) is 5.34 Å².